The largest absolute Gasteiger partial charge is 0.417 e. The molecule has 0 saturated carbocycles. The van der Waals surface area contributed by atoms with Gasteiger partial charge in [-0.1, -0.05) is 29.8 Å². The van der Waals surface area contributed by atoms with Crippen molar-refractivity contribution < 1.29 is 34.8 Å². The van der Waals surface area contributed by atoms with Gasteiger partial charge in [-0.15, -0.1) is 0 Å². The van der Waals surface area contributed by atoms with Gasteiger partial charge in [0.2, 0.25) is 0 Å². The second kappa shape index (κ2) is 8.20. The number of fused-ring (bicyclic) bond motifs is 1. The van der Waals surface area contributed by atoms with E-state index in [0.29, 0.717) is 27.2 Å². The number of aromatic amines is 1. The van der Waals surface area contributed by atoms with E-state index in [-0.39, 0.29) is 23.9 Å². The second-order valence-electron chi connectivity index (χ2n) is 7.12. The first-order valence-corrected chi connectivity index (χ1v) is 11.2. The molecule has 0 fully saturated rings. The highest BCUT2D eigenvalue weighted by Gasteiger charge is 2.41. The van der Waals surface area contributed by atoms with Crippen molar-refractivity contribution in [3.05, 3.63) is 76.8 Å². The van der Waals surface area contributed by atoms with E-state index in [4.69, 9.17) is 11.6 Å². The summed E-state index contributed by atoms with van der Waals surface area (Å²) in [4.78, 5) is -1.34. The molecular weight excluding hydrogens is 508 g/mol. The van der Waals surface area contributed by atoms with Crippen LogP contribution in [-0.4, -0.2) is 18.6 Å². The monoisotopic (exact) mass is 519 g/mol. The third kappa shape index (κ3) is 4.55. The van der Waals surface area contributed by atoms with E-state index in [0.717, 1.165) is 0 Å². The van der Waals surface area contributed by atoms with Gasteiger partial charge in [-0.2, -0.15) is 31.4 Å². The van der Waals surface area contributed by atoms with Crippen molar-refractivity contribution in [1.82, 2.24) is 10.2 Å². The van der Waals surface area contributed by atoms with Gasteiger partial charge in [0.05, 0.1) is 32.2 Å². The van der Waals surface area contributed by atoms with E-state index < -0.39 is 38.4 Å². The van der Waals surface area contributed by atoms with Crippen LogP contribution in [0.5, 0.6) is 0 Å². The molecule has 34 heavy (non-hydrogen) atoms. The van der Waals surface area contributed by atoms with Crippen molar-refractivity contribution >= 4 is 38.2 Å². The predicted octanol–water partition coefficient (Wildman–Crippen LogP) is 6.72. The lowest BCUT2D eigenvalue weighted by atomic mass is 10.1. The van der Waals surface area contributed by atoms with E-state index in [1.54, 1.807) is 24.3 Å². The van der Waals surface area contributed by atoms with Crippen molar-refractivity contribution in [1.29, 1.82) is 0 Å². The molecule has 1 heterocycles. The highest BCUT2D eigenvalue weighted by atomic mass is 35.5. The minimum absolute atomic E-state index is 0.130. The Morgan fingerprint density at radius 3 is 2.24 bits per heavy atom. The lowest BCUT2D eigenvalue weighted by molar-refractivity contribution is -0.144. The number of halogens is 7. The number of nitrogens with zero attached hydrogens (tertiary/aromatic N) is 1. The molecule has 2 N–H and O–H groups in total. The summed E-state index contributed by atoms with van der Waals surface area (Å²) in [6.45, 7) is 0. The van der Waals surface area contributed by atoms with Crippen molar-refractivity contribution in [2.24, 2.45) is 0 Å². The Hall–Kier alpha value is -3.25. The second-order valence-corrected chi connectivity index (χ2v) is 9.18. The molecule has 13 heteroatoms. The van der Waals surface area contributed by atoms with Gasteiger partial charge in [0.25, 0.3) is 10.0 Å². The maximum atomic E-state index is 13.4. The van der Waals surface area contributed by atoms with Crippen LogP contribution < -0.4 is 4.72 Å². The van der Waals surface area contributed by atoms with E-state index in [1.807, 2.05) is 4.72 Å². The summed E-state index contributed by atoms with van der Waals surface area (Å²) in [6.07, 6.45) is -10.4. The number of aromatic nitrogens is 2. The third-order valence-corrected chi connectivity index (χ3v) is 6.61. The van der Waals surface area contributed by atoms with Gasteiger partial charge in [0, 0.05) is 10.9 Å². The zero-order valence-corrected chi connectivity index (χ0v) is 18.2. The van der Waals surface area contributed by atoms with Gasteiger partial charge in [0.1, 0.15) is 5.69 Å². The quantitative estimate of drug-likeness (QED) is 0.294. The fraction of sp³-hybridized carbons (Fsp3) is 0.0952. The Morgan fingerprint density at radius 1 is 0.882 bits per heavy atom. The molecule has 0 aliphatic rings. The van der Waals surface area contributed by atoms with E-state index in [9.17, 15) is 34.8 Å². The standard InChI is InChI=1S/C21H12ClF6N3O2S/c22-16-4-2-1-3-13(16)19-14-7-6-12(10-17(14)29-30-19)31-34(32,33)18-8-5-11(20(23,24)25)9-15(18)21(26,27)28/h1-10,31H,(H,29,30). The Bertz CT molecular complexity index is 1500. The summed E-state index contributed by atoms with van der Waals surface area (Å²) < 4.78 is 106. The molecule has 0 unspecified atom stereocenters. The number of rotatable bonds is 4. The zero-order valence-electron chi connectivity index (χ0n) is 16.6. The van der Waals surface area contributed by atoms with Crippen LogP contribution in [0.2, 0.25) is 5.02 Å². The average Bonchev–Trinajstić information content (AvgIpc) is 3.15. The number of benzene rings is 3. The van der Waals surface area contributed by atoms with Gasteiger partial charge in [-0.3, -0.25) is 9.82 Å². The first-order valence-electron chi connectivity index (χ1n) is 9.32. The Labute approximate surface area is 193 Å². The lowest BCUT2D eigenvalue weighted by Crippen LogP contribution is -2.20. The summed E-state index contributed by atoms with van der Waals surface area (Å²) in [5.74, 6) is 0. The van der Waals surface area contributed by atoms with E-state index in [2.05, 4.69) is 10.2 Å². The van der Waals surface area contributed by atoms with Crippen LogP contribution >= 0.6 is 11.6 Å². The van der Waals surface area contributed by atoms with Crippen LogP contribution in [0.1, 0.15) is 11.1 Å². The fourth-order valence-electron chi connectivity index (χ4n) is 3.31. The summed E-state index contributed by atoms with van der Waals surface area (Å²) >= 11 is 6.19. The minimum Gasteiger partial charge on any atom is -0.280 e. The van der Waals surface area contributed by atoms with Crippen molar-refractivity contribution in [3.8, 4) is 11.3 Å². The van der Waals surface area contributed by atoms with Crippen LogP contribution in [0.3, 0.4) is 0 Å². The first kappa shape index (κ1) is 23.9. The van der Waals surface area contributed by atoms with E-state index >= 15 is 0 Å². The summed E-state index contributed by atoms with van der Waals surface area (Å²) in [5, 5.41) is 7.83. The number of hydrogen-bond donors (Lipinski definition) is 2. The zero-order chi connectivity index (χ0) is 24.9. The SMILES string of the molecule is O=S(=O)(Nc1ccc2c(-c3ccccc3Cl)n[nH]c2c1)c1ccc(C(F)(F)F)cc1C(F)(F)F. The molecule has 5 nitrogen and oxygen atoms in total. The van der Waals surface area contributed by atoms with Gasteiger partial charge >= 0.3 is 12.4 Å². The maximum absolute atomic E-state index is 13.4. The number of sulfonamides is 1. The average molecular weight is 520 g/mol. The fourth-order valence-corrected chi connectivity index (χ4v) is 4.80. The molecular formula is C21H12ClF6N3O2S. The van der Waals surface area contributed by atoms with Crippen LogP contribution in [-0.2, 0) is 22.4 Å². The number of anilines is 1. The summed E-state index contributed by atoms with van der Waals surface area (Å²) in [7, 11) is -4.90. The molecule has 4 rings (SSSR count). The van der Waals surface area contributed by atoms with Crippen molar-refractivity contribution in [3.63, 3.8) is 0 Å². The molecule has 1 aromatic heterocycles. The summed E-state index contributed by atoms with van der Waals surface area (Å²) in [6, 6.07) is 11.2. The van der Waals surface area contributed by atoms with E-state index in [1.165, 1.54) is 18.2 Å². The number of alkyl halides is 6. The van der Waals surface area contributed by atoms with Gasteiger partial charge in [-0.25, -0.2) is 8.42 Å². The van der Waals surface area contributed by atoms with Crippen LogP contribution in [0.4, 0.5) is 32.0 Å². The molecule has 0 saturated heterocycles. The van der Waals surface area contributed by atoms with Gasteiger partial charge in [-0.05, 0) is 42.5 Å². The predicted molar refractivity (Wildman–Crippen MR) is 114 cm³/mol. The van der Waals surface area contributed by atoms with Crippen LogP contribution in [0, 0.1) is 0 Å². The number of hydrogen-bond acceptors (Lipinski definition) is 3. The molecule has 0 amide bonds. The minimum atomic E-state index is -5.34. The van der Waals surface area contributed by atoms with Gasteiger partial charge in [0.15, 0.2) is 0 Å². The lowest BCUT2D eigenvalue weighted by Gasteiger charge is -2.17. The van der Waals surface area contributed by atoms with Gasteiger partial charge < -0.3 is 0 Å². The molecule has 0 aliphatic carbocycles. The highest BCUT2D eigenvalue weighted by molar-refractivity contribution is 7.92. The molecule has 0 aliphatic heterocycles. The highest BCUT2D eigenvalue weighted by Crippen LogP contribution is 2.39. The molecule has 0 atom stereocenters. The van der Waals surface area contributed by atoms with Crippen molar-refractivity contribution in [2.45, 2.75) is 17.2 Å². The van der Waals surface area contributed by atoms with Crippen molar-refractivity contribution in [2.75, 3.05) is 4.72 Å². The first-order chi connectivity index (χ1) is 15.8. The third-order valence-electron chi connectivity index (χ3n) is 4.85. The molecule has 0 radical (unpaired) electrons. The molecule has 3 aromatic carbocycles. The van der Waals surface area contributed by atoms with Crippen LogP contribution in [0.25, 0.3) is 22.2 Å². The summed E-state index contributed by atoms with van der Waals surface area (Å²) in [5.41, 5.74) is -2.27. The molecule has 178 valence electrons. The Morgan fingerprint density at radius 2 is 1.59 bits per heavy atom. The topological polar surface area (TPSA) is 74.8 Å². The smallest absolute Gasteiger partial charge is 0.280 e. The number of H-pyrrole nitrogens is 1. The molecule has 0 bridgehead atoms. The molecule has 4 aromatic rings. The number of nitrogens with one attached hydrogen (secondary N) is 2. The Balaban J connectivity index is 1.73. The molecule has 0 spiro atoms. The Kier molecular flexibility index (Phi) is 5.76. The van der Waals surface area contributed by atoms with Crippen LogP contribution in [0.15, 0.2) is 65.6 Å². The maximum Gasteiger partial charge on any atom is 0.417 e. The normalized spacial score (nSPS) is 12.8.